The molecule has 0 aliphatic rings. The number of nitrogens with zero attached hydrogens (tertiary/aromatic N) is 3. The number of anilines is 1. The van der Waals surface area contributed by atoms with Crippen LogP contribution in [0.25, 0.3) is 16.8 Å². The number of aryl methyl sites for hydroxylation is 2. The fraction of sp³-hybridized carbons (Fsp3) is 0.136. The van der Waals surface area contributed by atoms with Crippen molar-refractivity contribution in [2.75, 3.05) is 5.32 Å². The third-order valence-electron chi connectivity index (χ3n) is 4.72. The fourth-order valence-electron chi connectivity index (χ4n) is 3.04. The molecule has 0 saturated carbocycles. The zero-order valence-corrected chi connectivity index (χ0v) is 16.0. The number of benzene rings is 2. The van der Waals surface area contributed by atoms with Gasteiger partial charge in [-0.3, -0.25) is 9.59 Å². The summed E-state index contributed by atoms with van der Waals surface area (Å²) in [4.78, 5) is 25.1. The minimum Gasteiger partial charge on any atom is -0.324 e. The van der Waals surface area contributed by atoms with Gasteiger partial charge in [-0.15, -0.1) is 0 Å². The standard InChI is InChI=1S/C22H19FN4O2/c1-14-3-6-16(7-4-14)19-12-20-22(29)26(9-10-27(20)25-19)13-21(28)24-17-8-5-15(2)18(23)11-17/h3-12H,13H2,1-2H3,(H,24,28). The first-order valence-electron chi connectivity index (χ1n) is 9.12. The summed E-state index contributed by atoms with van der Waals surface area (Å²) >= 11 is 0. The summed E-state index contributed by atoms with van der Waals surface area (Å²) in [7, 11) is 0. The molecule has 0 bridgehead atoms. The highest BCUT2D eigenvalue weighted by molar-refractivity contribution is 5.90. The van der Waals surface area contributed by atoms with Crippen molar-refractivity contribution < 1.29 is 9.18 Å². The molecular formula is C22H19FN4O2. The lowest BCUT2D eigenvalue weighted by Gasteiger charge is -2.08. The Balaban J connectivity index is 1.58. The monoisotopic (exact) mass is 390 g/mol. The molecule has 0 radical (unpaired) electrons. The number of carbonyl (C=O) groups is 1. The molecule has 0 unspecified atom stereocenters. The zero-order chi connectivity index (χ0) is 20.5. The van der Waals surface area contributed by atoms with E-state index in [0.29, 0.717) is 22.5 Å². The molecule has 0 aliphatic heterocycles. The van der Waals surface area contributed by atoms with Crippen LogP contribution in [0.3, 0.4) is 0 Å². The molecule has 4 aromatic rings. The van der Waals surface area contributed by atoms with Crippen molar-refractivity contribution in [2.45, 2.75) is 20.4 Å². The van der Waals surface area contributed by atoms with Gasteiger partial charge in [0.05, 0.1) is 5.69 Å². The first kappa shape index (κ1) is 18.6. The van der Waals surface area contributed by atoms with E-state index in [9.17, 15) is 14.0 Å². The van der Waals surface area contributed by atoms with Crippen molar-refractivity contribution in [3.05, 3.63) is 88.2 Å². The molecule has 0 saturated heterocycles. The number of carbonyl (C=O) groups excluding carboxylic acids is 1. The molecule has 0 spiro atoms. The van der Waals surface area contributed by atoms with Crippen molar-refractivity contribution in [3.63, 3.8) is 0 Å². The Kier molecular flexibility index (Phi) is 4.72. The van der Waals surface area contributed by atoms with Gasteiger partial charge in [-0.05, 0) is 37.6 Å². The highest BCUT2D eigenvalue weighted by Gasteiger charge is 2.12. The van der Waals surface area contributed by atoms with Crippen molar-refractivity contribution in [3.8, 4) is 11.3 Å². The van der Waals surface area contributed by atoms with Crippen LogP contribution in [-0.2, 0) is 11.3 Å². The molecule has 2 aromatic carbocycles. The second-order valence-electron chi connectivity index (χ2n) is 6.97. The lowest BCUT2D eigenvalue weighted by atomic mass is 10.1. The average Bonchev–Trinajstić information content (AvgIpc) is 3.13. The predicted molar refractivity (Wildman–Crippen MR) is 109 cm³/mol. The number of amides is 1. The highest BCUT2D eigenvalue weighted by atomic mass is 19.1. The molecule has 6 nitrogen and oxygen atoms in total. The Morgan fingerprint density at radius 3 is 2.55 bits per heavy atom. The van der Waals surface area contributed by atoms with Crippen molar-refractivity contribution >= 4 is 17.1 Å². The summed E-state index contributed by atoms with van der Waals surface area (Å²) in [5.41, 5.74) is 3.61. The van der Waals surface area contributed by atoms with Gasteiger partial charge in [0.15, 0.2) is 0 Å². The Morgan fingerprint density at radius 2 is 1.83 bits per heavy atom. The molecule has 0 fully saturated rings. The van der Waals surface area contributed by atoms with Gasteiger partial charge in [0.2, 0.25) is 5.91 Å². The fourth-order valence-corrected chi connectivity index (χ4v) is 3.04. The highest BCUT2D eigenvalue weighted by Crippen LogP contribution is 2.19. The van der Waals surface area contributed by atoms with E-state index in [-0.39, 0.29) is 12.1 Å². The second kappa shape index (κ2) is 7.35. The normalized spacial score (nSPS) is 11.0. The van der Waals surface area contributed by atoms with Crippen LogP contribution in [0.15, 0.2) is 65.7 Å². The summed E-state index contributed by atoms with van der Waals surface area (Å²) < 4.78 is 16.4. The van der Waals surface area contributed by atoms with E-state index in [1.54, 1.807) is 31.3 Å². The molecule has 2 heterocycles. The molecule has 146 valence electrons. The van der Waals surface area contributed by atoms with Gasteiger partial charge in [0.1, 0.15) is 17.9 Å². The van der Waals surface area contributed by atoms with Gasteiger partial charge in [0, 0.05) is 23.6 Å². The van der Waals surface area contributed by atoms with E-state index >= 15 is 0 Å². The van der Waals surface area contributed by atoms with E-state index in [0.717, 1.165) is 11.1 Å². The number of rotatable bonds is 4. The maximum Gasteiger partial charge on any atom is 0.277 e. The predicted octanol–water partition coefficient (Wildman–Crippen LogP) is 3.56. The lowest BCUT2D eigenvalue weighted by molar-refractivity contribution is -0.116. The Bertz CT molecular complexity index is 1270. The smallest absolute Gasteiger partial charge is 0.277 e. The average molecular weight is 390 g/mol. The maximum absolute atomic E-state index is 13.6. The van der Waals surface area contributed by atoms with Gasteiger partial charge >= 0.3 is 0 Å². The summed E-state index contributed by atoms with van der Waals surface area (Å²) in [6.45, 7) is 3.46. The van der Waals surface area contributed by atoms with Crippen LogP contribution < -0.4 is 10.9 Å². The molecule has 2 aromatic heterocycles. The topological polar surface area (TPSA) is 68.4 Å². The number of fused-ring (bicyclic) bond motifs is 1. The third kappa shape index (κ3) is 3.80. The largest absolute Gasteiger partial charge is 0.324 e. The van der Waals surface area contributed by atoms with Crippen molar-refractivity contribution in [2.24, 2.45) is 0 Å². The quantitative estimate of drug-likeness (QED) is 0.579. The van der Waals surface area contributed by atoms with Gasteiger partial charge in [-0.25, -0.2) is 8.91 Å². The van der Waals surface area contributed by atoms with E-state index < -0.39 is 11.7 Å². The van der Waals surface area contributed by atoms with Gasteiger partial charge in [-0.1, -0.05) is 35.9 Å². The Labute approximate surface area is 166 Å². The van der Waals surface area contributed by atoms with Crippen LogP contribution >= 0.6 is 0 Å². The maximum atomic E-state index is 13.6. The molecule has 0 atom stereocenters. The Hall–Kier alpha value is -3.74. The summed E-state index contributed by atoms with van der Waals surface area (Å²) in [6.07, 6.45) is 3.14. The van der Waals surface area contributed by atoms with Crippen LogP contribution in [0.4, 0.5) is 10.1 Å². The Morgan fingerprint density at radius 1 is 1.07 bits per heavy atom. The molecule has 1 amide bonds. The zero-order valence-electron chi connectivity index (χ0n) is 16.0. The van der Waals surface area contributed by atoms with Crippen LogP contribution in [0.5, 0.6) is 0 Å². The van der Waals surface area contributed by atoms with Gasteiger partial charge < -0.3 is 9.88 Å². The summed E-state index contributed by atoms with van der Waals surface area (Å²) in [5, 5.41) is 7.05. The molecule has 1 N–H and O–H groups in total. The first-order valence-corrected chi connectivity index (χ1v) is 9.12. The van der Waals surface area contributed by atoms with Gasteiger partial charge in [-0.2, -0.15) is 5.10 Å². The minimum atomic E-state index is -0.419. The number of hydrogen-bond acceptors (Lipinski definition) is 3. The molecule has 7 heteroatoms. The van der Waals surface area contributed by atoms with Crippen LogP contribution in [0, 0.1) is 19.7 Å². The first-order chi connectivity index (χ1) is 13.9. The van der Waals surface area contributed by atoms with E-state index in [1.165, 1.54) is 21.3 Å². The number of nitrogens with one attached hydrogen (secondary N) is 1. The van der Waals surface area contributed by atoms with Crippen molar-refractivity contribution in [1.29, 1.82) is 0 Å². The van der Waals surface area contributed by atoms with Crippen LogP contribution in [-0.4, -0.2) is 20.1 Å². The molecule has 29 heavy (non-hydrogen) atoms. The minimum absolute atomic E-state index is 0.185. The number of aromatic nitrogens is 3. The molecule has 0 aliphatic carbocycles. The van der Waals surface area contributed by atoms with Crippen molar-refractivity contribution in [1.82, 2.24) is 14.2 Å². The third-order valence-corrected chi connectivity index (χ3v) is 4.72. The number of hydrogen-bond donors (Lipinski definition) is 1. The molecule has 4 rings (SSSR count). The van der Waals surface area contributed by atoms with E-state index in [4.69, 9.17) is 0 Å². The number of halogens is 1. The van der Waals surface area contributed by atoms with Crippen LogP contribution in [0.2, 0.25) is 0 Å². The SMILES string of the molecule is Cc1ccc(-c2cc3c(=O)n(CC(=O)Nc4ccc(C)c(F)c4)ccn3n2)cc1. The second-order valence-corrected chi connectivity index (χ2v) is 6.97. The van der Waals surface area contributed by atoms with E-state index in [2.05, 4.69) is 10.4 Å². The lowest BCUT2D eigenvalue weighted by Crippen LogP contribution is -2.28. The van der Waals surface area contributed by atoms with Crippen LogP contribution in [0.1, 0.15) is 11.1 Å². The molecular weight excluding hydrogens is 371 g/mol. The summed E-state index contributed by atoms with van der Waals surface area (Å²) in [5.74, 6) is -0.817. The van der Waals surface area contributed by atoms with E-state index in [1.807, 2.05) is 31.2 Å². The summed E-state index contributed by atoms with van der Waals surface area (Å²) in [6, 6.07) is 14.0. The van der Waals surface area contributed by atoms with Gasteiger partial charge in [0.25, 0.3) is 5.56 Å².